The molecule has 88 valence electrons. The largest absolute Gasteiger partial charge is 0.481 e. The second-order valence-corrected chi connectivity index (χ2v) is 2.78. The van der Waals surface area contributed by atoms with Crippen molar-refractivity contribution in [2.24, 2.45) is 5.73 Å². The van der Waals surface area contributed by atoms with Crippen molar-refractivity contribution in [3.8, 4) is 0 Å². The van der Waals surface area contributed by atoms with Crippen LogP contribution < -0.4 is 11.1 Å². The first-order valence-corrected chi connectivity index (χ1v) is 4.50. The zero-order valence-corrected chi connectivity index (χ0v) is 9.03. The molecule has 0 aliphatic rings. The molecule has 0 aromatic carbocycles. The summed E-state index contributed by atoms with van der Waals surface area (Å²) < 4.78 is 0. The molecule has 0 fully saturated rings. The summed E-state index contributed by atoms with van der Waals surface area (Å²) in [6.45, 7) is 0.681. The quantitative estimate of drug-likeness (QED) is 0.380. The lowest BCUT2D eigenvalue weighted by Crippen LogP contribution is -2.43. The van der Waals surface area contributed by atoms with E-state index >= 15 is 0 Å². The Balaban J connectivity index is 0. The standard InChI is InChI=1S/C5H10N2O3S.C2H4O2/c6-3(2-11)5(10)7-1-4(8)9;1-2(3)4/h3,11H,1-2,6H2,(H,7,10)(H,8,9);1H3,(H,3,4). The summed E-state index contributed by atoms with van der Waals surface area (Å²) in [6, 6.07) is -0.738. The minimum atomic E-state index is -1.09. The summed E-state index contributed by atoms with van der Waals surface area (Å²) in [5, 5.41) is 17.7. The maximum atomic E-state index is 10.7. The molecule has 5 N–H and O–H groups in total. The van der Waals surface area contributed by atoms with Gasteiger partial charge in [0.1, 0.15) is 6.54 Å². The zero-order valence-electron chi connectivity index (χ0n) is 8.14. The Morgan fingerprint density at radius 2 is 1.80 bits per heavy atom. The van der Waals surface area contributed by atoms with Crippen LogP contribution in [0.5, 0.6) is 0 Å². The molecule has 8 heteroatoms. The van der Waals surface area contributed by atoms with E-state index in [0.29, 0.717) is 0 Å². The molecule has 0 spiro atoms. The zero-order chi connectivity index (χ0) is 12.4. The topological polar surface area (TPSA) is 130 Å². The van der Waals surface area contributed by atoms with Crippen LogP contribution in [0.25, 0.3) is 0 Å². The molecule has 1 atom stereocenters. The number of nitrogens with one attached hydrogen (secondary N) is 1. The Labute approximate surface area is 92.1 Å². The van der Waals surface area contributed by atoms with Gasteiger partial charge in [-0.2, -0.15) is 12.6 Å². The van der Waals surface area contributed by atoms with E-state index in [4.69, 9.17) is 20.7 Å². The van der Waals surface area contributed by atoms with Crippen molar-refractivity contribution in [3.05, 3.63) is 0 Å². The Morgan fingerprint density at radius 3 is 2.07 bits per heavy atom. The number of nitrogens with two attached hydrogens (primary N) is 1. The monoisotopic (exact) mass is 238 g/mol. The highest BCUT2D eigenvalue weighted by Gasteiger charge is 2.11. The number of thiol groups is 1. The molecule has 0 radical (unpaired) electrons. The Bertz CT molecular complexity index is 229. The van der Waals surface area contributed by atoms with Gasteiger partial charge in [0.2, 0.25) is 5.91 Å². The number of carbonyl (C=O) groups is 3. The SMILES string of the molecule is CC(=O)O.NC(CS)C(=O)NCC(=O)O. The first-order chi connectivity index (χ1) is 6.81. The average molecular weight is 238 g/mol. The number of aliphatic carboxylic acids is 2. The van der Waals surface area contributed by atoms with Crippen LogP contribution in [-0.2, 0) is 14.4 Å². The fraction of sp³-hybridized carbons (Fsp3) is 0.571. The smallest absolute Gasteiger partial charge is 0.322 e. The summed E-state index contributed by atoms with van der Waals surface area (Å²) in [7, 11) is 0. The third-order valence-corrected chi connectivity index (χ3v) is 1.34. The van der Waals surface area contributed by atoms with Gasteiger partial charge in [-0.1, -0.05) is 0 Å². The van der Waals surface area contributed by atoms with Gasteiger partial charge >= 0.3 is 5.97 Å². The van der Waals surface area contributed by atoms with Crippen LogP contribution >= 0.6 is 12.6 Å². The lowest BCUT2D eigenvalue weighted by molar-refractivity contribution is -0.138. The Hall–Kier alpha value is -1.28. The van der Waals surface area contributed by atoms with Crippen molar-refractivity contribution in [2.45, 2.75) is 13.0 Å². The predicted molar refractivity (Wildman–Crippen MR) is 55.8 cm³/mol. The maximum Gasteiger partial charge on any atom is 0.322 e. The maximum absolute atomic E-state index is 10.7. The van der Waals surface area contributed by atoms with E-state index in [2.05, 4.69) is 17.9 Å². The van der Waals surface area contributed by atoms with E-state index in [1.807, 2.05) is 0 Å². The van der Waals surface area contributed by atoms with E-state index in [0.717, 1.165) is 6.92 Å². The second-order valence-electron chi connectivity index (χ2n) is 2.42. The third-order valence-electron chi connectivity index (χ3n) is 0.947. The van der Waals surface area contributed by atoms with Gasteiger partial charge in [-0.3, -0.25) is 14.4 Å². The summed E-state index contributed by atoms with van der Waals surface area (Å²) in [6.07, 6.45) is 0. The van der Waals surface area contributed by atoms with Crippen LogP contribution in [0.2, 0.25) is 0 Å². The summed E-state index contributed by atoms with van der Waals surface area (Å²) in [5.41, 5.74) is 5.22. The van der Waals surface area contributed by atoms with Gasteiger partial charge in [0.05, 0.1) is 6.04 Å². The van der Waals surface area contributed by atoms with Gasteiger partial charge in [-0.15, -0.1) is 0 Å². The lowest BCUT2D eigenvalue weighted by Gasteiger charge is -2.06. The van der Waals surface area contributed by atoms with E-state index in [-0.39, 0.29) is 5.75 Å². The third kappa shape index (κ3) is 15.5. The Kier molecular flexibility index (Phi) is 10.0. The van der Waals surface area contributed by atoms with Crippen LogP contribution in [0.3, 0.4) is 0 Å². The Morgan fingerprint density at radius 1 is 1.40 bits per heavy atom. The fourth-order valence-corrected chi connectivity index (χ4v) is 0.543. The lowest BCUT2D eigenvalue weighted by atomic mass is 10.3. The van der Waals surface area contributed by atoms with E-state index in [9.17, 15) is 9.59 Å². The number of hydrogen-bond acceptors (Lipinski definition) is 5. The molecule has 0 heterocycles. The van der Waals surface area contributed by atoms with Gasteiger partial charge in [0.15, 0.2) is 0 Å². The first kappa shape index (κ1) is 16.2. The van der Waals surface area contributed by atoms with Crippen molar-refractivity contribution in [1.29, 1.82) is 0 Å². The number of carboxylic acid groups (broad SMARTS) is 2. The molecule has 0 rings (SSSR count). The van der Waals surface area contributed by atoms with Gasteiger partial charge < -0.3 is 21.3 Å². The number of carbonyl (C=O) groups excluding carboxylic acids is 1. The molecule has 15 heavy (non-hydrogen) atoms. The molecule has 0 aromatic heterocycles. The van der Waals surface area contributed by atoms with Gasteiger partial charge in [0.25, 0.3) is 5.97 Å². The molecule has 0 bridgehead atoms. The van der Waals surface area contributed by atoms with Crippen LogP contribution in [0.15, 0.2) is 0 Å². The highest BCUT2D eigenvalue weighted by Crippen LogP contribution is 1.82. The molecule has 1 unspecified atom stereocenters. The molecule has 1 amide bonds. The van der Waals surface area contributed by atoms with Crippen LogP contribution in [0, 0.1) is 0 Å². The normalized spacial score (nSPS) is 10.6. The number of rotatable bonds is 4. The van der Waals surface area contributed by atoms with Gasteiger partial charge in [-0.25, -0.2) is 0 Å². The fourth-order valence-electron chi connectivity index (χ4n) is 0.377. The van der Waals surface area contributed by atoms with E-state index in [1.54, 1.807) is 0 Å². The molecular weight excluding hydrogens is 224 g/mol. The van der Waals surface area contributed by atoms with Crippen LogP contribution in [-0.4, -0.2) is 46.4 Å². The van der Waals surface area contributed by atoms with E-state index in [1.165, 1.54) is 0 Å². The highest BCUT2D eigenvalue weighted by molar-refractivity contribution is 7.80. The molecule has 7 nitrogen and oxygen atoms in total. The predicted octanol–water partition coefficient (Wildman–Crippen LogP) is -1.46. The first-order valence-electron chi connectivity index (χ1n) is 3.86. The van der Waals surface area contributed by atoms with E-state index < -0.39 is 30.4 Å². The van der Waals surface area contributed by atoms with Crippen molar-refractivity contribution < 1.29 is 24.6 Å². The molecule has 0 aliphatic carbocycles. The van der Waals surface area contributed by atoms with Crippen molar-refractivity contribution >= 4 is 30.5 Å². The number of hydrogen-bond donors (Lipinski definition) is 5. The minimum absolute atomic E-state index is 0.200. The van der Waals surface area contributed by atoms with Crippen molar-refractivity contribution in [2.75, 3.05) is 12.3 Å². The summed E-state index contributed by atoms with van der Waals surface area (Å²) in [4.78, 5) is 29.7. The summed E-state index contributed by atoms with van der Waals surface area (Å²) in [5.74, 6) is -2.22. The number of carboxylic acids is 2. The van der Waals surface area contributed by atoms with Crippen LogP contribution in [0.4, 0.5) is 0 Å². The minimum Gasteiger partial charge on any atom is -0.481 e. The van der Waals surface area contributed by atoms with Crippen molar-refractivity contribution in [1.82, 2.24) is 5.32 Å². The molecule has 0 saturated heterocycles. The van der Waals surface area contributed by atoms with Gasteiger partial charge in [0, 0.05) is 12.7 Å². The summed E-state index contributed by atoms with van der Waals surface area (Å²) >= 11 is 3.77. The van der Waals surface area contributed by atoms with Crippen molar-refractivity contribution in [3.63, 3.8) is 0 Å². The molecule has 0 aliphatic heterocycles. The number of amides is 1. The molecule has 0 aromatic rings. The molecular formula is C7H14N2O5S. The average Bonchev–Trinajstić information content (AvgIpc) is 2.11. The second kappa shape index (κ2) is 9.28. The van der Waals surface area contributed by atoms with Crippen LogP contribution in [0.1, 0.15) is 6.92 Å². The highest BCUT2D eigenvalue weighted by atomic mass is 32.1. The van der Waals surface area contributed by atoms with Gasteiger partial charge in [-0.05, 0) is 0 Å². The molecule has 0 saturated carbocycles.